The highest BCUT2D eigenvalue weighted by Gasteiger charge is 2.26. The molecular formula is C64H114NO8P. The quantitative estimate of drug-likeness (QED) is 0.0264. The lowest BCUT2D eigenvalue weighted by atomic mass is 10.0. The zero-order valence-corrected chi connectivity index (χ0v) is 48.7. The highest BCUT2D eigenvalue weighted by atomic mass is 31.2. The summed E-state index contributed by atoms with van der Waals surface area (Å²) in [5, 5.41) is 0. The Balaban J connectivity index is 3.86. The van der Waals surface area contributed by atoms with E-state index in [0.29, 0.717) is 6.42 Å². The molecule has 2 atom stereocenters. The van der Waals surface area contributed by atoms with Crippen molar-refractivity contribution in [2.24, 2.45) is 5.73 Å². The van der Waals surface area contributed by atoms with Crippen molar-refractivity contribution < 1.29 is 37.6 Å². The number of phosphoric ester groups is 1. The summed E-state index contributed by atoms with van der Waals surface area (Å²) >= 11 is 0. The molecule has 10 heteroatoms. The fraction of sp³-hybridized carbons (Fsp3) is 0.750. The monoisotopic (exact) mass is 1060 g/mol. The smallest absolute Gasteiger partial charge is 0.462 e. The zero-order chi connectivity index (χ0) is 53.8. The lowest BCUT2D eigenvalue weighted by molar-refractivity contribution is -0.161. The molecule has 0 aromatic heterocycles. The van der Waals surface area contributed by atoms with Gasteiger partial charge in [0, 0.05) is 19.4 Å². The van der Waals surface area contributed by atoms with E-state index in [4.69, 9.17) is 24.3 Å². The van der Waals surface area contributed by atoms with Crippen LogP contribution in [0.4, 0.5) is 0 Å². The molecule has 0 amide bonds. The van der Waals surface area contributed by atoms with Crippen LogP contribution in [0.25, 0.3) is 0 Å². The number of carbonyl (C=O) groups is 2. The SMILES string of the molecule is CC/C=C\C/C=C\C/C=C\C/C=C\C/C=C\C/C=C\CCCCCCCCCCCCCCCCCCCCC(=O)OC(COC(=O)CCCCCCC/C=C\CCCCCCCCC)COP(=O)(O)OCCN. The molecule has 0 fully saturated rings. The summed E-state index contributed by atoms with van der Waals surface area (Å²) in [7, 11) is -4.39. The number of ether oxygens (including phenoxy) is 2. The molecule has 0 aliphatic carbocycles. The fourth-order valence-corrected chi connectivity index (χ4v) is 9.28. The van der Waals surface area contributed by atoms with Gasteiger partial charge in [0.1, 0.15) is 6.61 Å². The van der Waals surface area contributed by atoms with Crippen LogP contribution in [-0.4, -0.2) is 49.3 Å². The molecule has 0 aromatic carbocycles. The lowest BCUT2D eigenvalue weighted by Crippen LogP contribution is -2.29. The third-order valence-electron chi connectivity index (χ3n) is 13.0. The highest BCUT2D eigenvalue weighted by Crippen LogP contribution is 2.43. The molecule has 0 radical (unpaired) electrons. The lowest BCUT2D eigenvalue weighted by Gasteiger charge is -2.19. The Morgan fingerprint density at radius 1 is 0.419 bits per heavy atom. The van der Waals surface area contributed by atoms with E-state index >= 15 is 0 Å². The van der Waals surface area contributed by atoms with Gasteiger partial charge in [0.2, 0.25) is 0 Å². The van der Waals surface area contributed by atoms with Gasteiger partial charge in [0.25, 0.3) is 0 Å². The summed E-state index contributed by atoms with van der Waals surface area (Å²) in [5.41, 5.74) is 5.38. The molecule has 0 saturated heterocycles. The minimum atomic E-state index is -4.39. The minimum absolute atomic E-state index is 0.0513. The van der Waals surface area contributed by atoms with E-state index in [0.717, 1.165) is 96.3 Å². The van der Waals surface area contributed by atoms with Crippen LogP contribution in [0.1, 0.15) is 277 Å². The average Bonchev–Trinajstić information content (AvgIpc) is 3.39. The summed E-state index contributed by atoms with van der Waals surface area (Å²) in [6.45, 7) is 3.64. The van der Waals surface area contributed by atoms with Crippen molar-refractivity contribution in [2.45, 2.75) is 283 Å². The summed E-state index contributed by atoms with van der Waals surface area (Å²) < 4.78 is 33.0. The Kier molecular flexibility index (Phi) is 57.2. The summed E-state index contributed by atoms with van der Waals surface area (Å²) in [4.78, 5) is 35.2. The Morgan fingerprint density at radius 2 is 0.743 bits per heavy atom. The normalized spacial score (nSPS) is 13.6. The molecule has 0 rings (SSSR count). The molecule has 0 aliphatic rings. The van der Waals surface area contributed by atoms with Crippen LogP contribution in [0.15, 0.2) is 85.1 Å². The van der Waals surface area contributed by atoms with Crippen molar-refractivity contribution in [3.05, 3.63) is 85.1 Å². The van der Waals surface area contributed by atoms with Gasteiger partial charge in [-0.15, -0.1) is 0 Å². The Morgan fingerprint density at radius 3 is 1.12 bits per heavy atom. The van der Waals surface area contributed by atoms with Crippen molar-refractivity contribution in [3.8, 4) is 0 Å². The first-order valence-corrected chi connectivity index (χ1v) is 32.1. The van der Waals surface area contributed by atoms with Crippen LogP contribution in [0.2, 0.25) is 0 Å². The van der Waals surface area contributed by atoms with Crippen LogP contribution in [0.5, 0.6) is 0 Å². The Bertz CT molecular complexity index is 1480. The molecule has 2 unspecified atom stereocenters. The van der Waals surface area contributed by atoms with Crippen LogP contribution in [0.3, 0.4) is 0 Å². The molecule has 0 aromatic rings. The number of phosphoric acid groups is 1. The number of rotatable bonds is 57. The molecule has 428 valence electrons. The van der Waals surface area contributed by atoms with Gasteiger partial charge < -0.3 is 20.1 Å². The van der Waals surface area contributed by atoms with E-state index in [9.17, 15) is 19.0 Å². The highest BCUT2D eigenvalue weighted by molar-refractivity contribution is 7.47. The van der Waals surface area contributed by atoms with Gasteiger partial charge in [-0.2, -0.15) is 0 Å². The number of hydrogen-bond donors (Lipinski definition) is 2. The first-order chi connectivity index (χ1) is 36.3. The first-order valence-electron chi connectivity index (χ1n) is 30.6. The van der Waals surface area contributed by atoms with Crippen molar-refractivity contribution in [2.75, 3.05) is 26.4 Å². The molecule has 9 nitrogen and oxygen atoms in total. The van der Waals surface area contributed by atoms with Crippen LogP contribution in [0, 0.1) is 0 Å². The average molecular weight is 1060 g/mol. The molecule has 0 heterocycles. The van der Waals surface area contributed by atoms with Gasteiger partial charge in [-0.05, 0) is 89.9 Å². The standard InChI is InChI=1S/C64H114NO8P/c1-3-5-7-9-11-13-15-17-19-21-22-23-24-25-26-27-28-29-30-31-32-33-34-35-36-37-38-39-40-41-43-45-47-49-51-53-55-57-64(67)73-62(61-72-74(68,69)71-59-58-65)60-70-63(66)56-54-52-50-48-46-44-42-20-18-16-14-12-10-8-6-4-2/h5,7,11,13,17,19-20,22-23,25-26,28-29,42,62H,3-4,6,8-10,12,14-16,18,21,24,27,30-41,43-61,65H2,1-2H3,(H,68,69)/b7-5-,13-11-,19-17-,23-22-,26-25-,29-28-,42-20-. The molecule has 0 saturated carbocycles. The van der Waals surface area contributed by atoms with Crippen molar-refractivity contribution >= 4 is 19.8 Å². The second-order valence-corrected chi connectivity index (χ2v) is 21.6. The van der Waals surface area contributed by atoms with Gasteiger partial charge in [-0.1, -0.05) is 259 Å². The Labute approximate surface area is 455 Å². The summed E-state index contributed by atoms with van der Waals surface area (Å²) in [5.74, 6) is -0.830. The minimum Gasteiger partial charge on any atom is -0.462 e. The third kappa shape index (κ3) is 58.5. The fourth-order valence-electron chi connectivity index (χ4n) is 8.52. The predicted octanol–water partition coefficient (Wildman–Crippen LogP) is 19.5. The largest absolute Gasteiger partial charge is 0.472 e. The van der Waals surface area contributed by atoms with Crippen LogP contribution < -0.4 is 5.73 Å². The Hall–Kier alpha value is -2.81. The maximum atomic E-state index is 12.7. The predicted molar refractivity (Wildman–Crippen MR) is 316 cm³/mol. The van der Waals surface area contributed by atoms with Crippen LogP contribution >= 0.6 is 7.82 Å². The maximum absolute atomic E-state index is 12.7. The van der Waals surface area contributed by atoms with E-state index in [1.165, 1.54) is 148 Å². The summed E-state index contributed by atoms with van der Waals surface area (Å²) in [6, 6.07) is 0. The van der Waals surface area contributed by atoms with E-state index < -0.39 is 26.5 Å². The maximum Gasteiger partial charge on any atom is 0.472 e. The number of esters is 2. The van der Waals surface area contributed by atoms with Gasteiger partial charge in [-0.3, -0.25) is 18.6 Å². The number of carbonyl (C=O) groups excluding carboxylic acids is 2. The van der Waals surface area contributed by atoms with Crippen LogP contribution in [-0.2, 0) is 32.7 Å². The second kappa shape index (κ2) is 59.4. The number of allylic oxidation sites excluding steroid dienone is 14. The third-order valence-corrected chi connectivity index (χ3v) is 14.0. The second-order valence-electron chi connectivity index (χ2n) is 20.2. The molecule has 0 bridgehead atoms. The number of unbranched alkanes of at least 4 members (excludes halogenated alkanes) is 30. The van der Waals surface area contributed by atoms with Gasteiger partial charge >= 0.3 is 19.8 Å². The van der Waals surface area contributed by atoms with Crippen molar-refractivity contribution in [1.82, 2.24) is 0 Å². The molecule has 0 aliphatic heterocycles. The van der Waals surface area contributed by atoms with E-state index in [2.05, 4.69) is 98.9 Å². The molecule has 74 heavy (non-hydrogen) atoms. The zero-order valence-electron chi connectivity index (χ0n) is 47.8. The van der Waals surface area contributed by atoms with Gasteiger partial charge in [0.15, 0.2) is 6.10 Å². The summed E-state index contributed by atoms with van der Waals surface area (Å²) in [6.07, 6.45) is 78.0. The van der Waals surface area contributed by atoms with E-state index in [1.54, 1.807) is 0 Å². The number of nitrogens with two attached hydrogens (primary N) is 1. The van der Waals surface area contributed by atoms with E-state index in [1.807, 2.05) is 0 Å². The van der Waals surface area contributed by atoms with Crippen molar-refractivity contribution in [3.63, 3.8) is 0 Å². The van der Waals surface area contributed by atoms with Gasteiger partial charge in [-0.25, -0.2) is 4.57 Å². The van der Waals surface area contributed by atoms with Crippen molar-refractivity contribution in [1.29, 1.82) is 0 Å². The molecular weight excluding hydrogens is 942 g/mol. The van der Waals surface area contributed by atoms with E-state index in [-0.39, 0.29) is 38.6 Å². The topological polar surface area (TPSA) is 134 Å². The number of hydrogen-bond acceptors (Lipinski definition) is 8. The molecule has 3 N–H and O–H groups in total. The molecule has 0 spiro atoms. The van der Waals surface area contributed by atoms with Gasteiger partial charge in [0.05, 0.1) is 13.2 Å². The first kappa shape index (κ1) is 71.2.